The lowest BCUT2D eigenvalue weighted by Gasteiger charge is -2.26. The van der Waals surface area contributed by atoms with E-state index in [1.54, 1.807) is 0 Å². The van der Waals surface area contributed by atoms with Gasteiger partial charge in [-0.15, -0.1) is 0 Å². The summed E-state index contributed by atoms with van der Waals surface area (Å²) in [4.78, 5) is 27.8. The smallest absolute Gasteiger partial charge is 0.305 e. The summed E-state index contributed by atoms with van der Waals surface area (Å²) in [6.45, 7) is 16.0. The van der Waals surface area contributed by atoms with Crippen molar-refractivity contribution in [3.8, 4) is 0 Å². The van der Waals surface area contributed by atoms with Crippen LogP contribution in [-0.2, 0) is 19.1 Å². The molecular formula is C52H103NO5. The third kappa shape index (κ3) is 37.8. The minimum absolute atomic E-state index is 0.0185. The number of hydrogen-bond donors (Lipinski definition) is 1. The van der Waals surface area contributed by atoms with Gasteiger partial charge in [-0.05, 0) is 95.2 Å². The fourth-order valence-corrected chi connectivity index (χ4v) is 8.89. The fourth-order valence-electron chi connectivity index (χ4n) is 8.89. The average molecular weight is 822 g/mol. The van der Waals surface area contributed by atoms with Gasteiger partial charge in [0.1, 0.15) is 0 Å². The quantitative estimate of drug-likeness (QED) is 0.0487. The Hall–Kier alpha value is -1.14. The molecule has 58 heavy (non-hydrogen) atoms. The van der Waals surface area contributed by atoms with Gasteiger partial charge in [-0.3, -0.25) is 9.59 Å². The molecule has 346 valence electrons. The summed E-state index contributed by atoms with van der Waals surface area (Å²) in [5, 5.41) is 9.25. The fraction of sp³-hybridized carbons (Fsp3) is 0.962. The number of hydrogen-bond acceptors (Lipinski definition) is 6. The van der Waals surface area contributed by atoms with Crippen LogP contribution in [0.15, 0.2) is 0 Å². The molecule has 0 saturated carbocycles. The molecule has 0 aliphatic heterocycles. The minimum atomic E-state index is -0.0251. The van der Waals surface area contributed by atoms with E-state index < -0.39 is 0 Å². The van der Waals surface area contributed by atoms with Gasteiger partial charge < -0.3 is 19.5 Å². The molecule has 3 atom stereocenters. The molecule has 0 aromatic rings. The third-order valence-corrected chi connectivity index (χ3v) is 12.9. The van der Waals surface area contributed by atoms with Crippen LogP contribution in [0.3, 0.4) is 0 Å². The standard InChI is InChI=1S/C52H103NO5/c1-6-11-15-18-20-27-37-50(36-26-17-13-8-3)49(10-5)41-47-58-52(56)39-29-32-44-53(43-31-23-33-45-54)42-30-22-21-28-38-51(55)57-46-40-48(34-24-14-9-4)35-25-19-16-12-7-2/h48-50,54H,6-47H2,1-5H3. The monoisotopic (exact) mass is 822 g/mol. The number of carbonyl (C=O) groups excluding carboxylic acids is 2. The molecule has 0 heterocycles. The van der Waals surface area contributed by atoms with Gasteiger partial charge in [0.15, 0.2) is 0 Å². The molecule has 0 aromatic heterocycles. The summed E-state index contributed by atoms with van der Waals surface area (Å²) < 4.78 is 11.5. The predicted molar refractivity (Wildman–Crippen MR) is 250 cm³/mol. The molecule has 0 radical (unpaired) electrons. The van der Waals surface area contributed by atoms with E-state index in [9.17, 15) is 14.7 Å². The van der Waals surface area contributed by atoms with Gasteiger partial charge in [-0.1, -0.05) is 195 Å². The second-order valence-corrected chi connectivity index (χ2v) is 18.2. The summed E-state index contributed by atoms with van der Waals surface area (Å²) in [6, 6.07) is 0. The topological polar surface area (TPSA) is 76.1 Å². The molecule has 0 amide bonds. The van der Waals surface area contributed by atoms with Crippen molar-refractivity contribution in [2.75, 3.05) is 39.5 Å². The van der Waals surface area contributed by atoms with Crippen LogP contribution in [0.4, 0.5) is 0 Å². The first-order valence-corrected chi connectivity index (χ1v) is 26.1. The summed E-state index contributed by atoms with van der Waals surface area (Å²) in [5.41, 5.74) is 0. The molecule has 0 aromatic carbocycles. The van der Waals surface area contributed by atoms with E-state index in [1.165, 1.54) is 148 Å². The van der Waals surface area contributed by atoms with E-state index in [-0.39, 0.29) is 18.5 Å². The van der Waals surface area contributed by atoms with E-state index in [4.69, 9.17) is 9.47 Å². The van der Waals surface area contributed by atoms with Crippen molar-refractivity contribution in [1.82, 2.24) is 4.90 Å². The number of nitrogens with zero attached hydrogens (tertiary/aromatic N) is 1. The molecule has 0 bridgehead atoms. The van der Waals surface area contributed by atoms with Crippen LogP contribution >= 0.6 is 0 Å². The van der Waals surface area contributed by atoms with Crippen LogP contribution in [0.25, 0.3) is 0 Å². The maximum Gasteiger partial charge on any atom is 0.305 e. The van der Waals surface area contributed by atoms with Crippen LogP contribution in [0, 0.1) is 17.8 Å². The van der Waals surface area contributed by atoms with Gasteiger partial charge in [-0.2, -0.15) is 0 Å². The lowest BCUT2D eigenvalue weighted by atomic mass is 9.80. The van der Waals surface area contributed by atoms with Crippen LogP contribution in [0.1, 0.15) is 266 Å². The largest absolute Gasteiger partial charge is 0.466 e. The first-order valence-electron chi connectivity index (χ1n) is 26.1. The highest BCUT2D eigenvalue weighted by Crippen LogP contribution is 2.30. The van der Waals surface area contributed by atoms with E-state index >= 15 is 0 Å². The summed E-state index contributed by atoms with van der Waals surface area (Å²) in [5.74, 6) is 2.09. The molecule has 0 saturated heterocycles. The summed E-state index contributed by atoms with van der Waals surface area (Å²) in [6.07, 6.45) is 42.7. The number of unbranched alkanes of at least 4 members (excludes halogenated alkanes) is 20. The molecule has 6 heteroatoms. The van der Waals surface area contributed by atoms with E-state index in [1.807, 2.05) is 0 Å². The minimum Gasteiger partial charge on any atom is -0.466 e. The highest BCUT2D eigenvalue weighted by Gasteiger charge is 2.20. The zero-order chi connectivity index (χ0) is 42.6. The van der Waals surface area contributed by atoms with Gasteiger partial charge in [0, 0.05) is 19.4 Å². The Balaban J connectivity index is 4.47. The molecule has 0 fully saturated rings. The number of esters is 2. The van der Waals surface area contributed by atoms with Gasteiger partial charge in [0.05, 0.1) is 13.2 Å². The van der Waals surface area contributed by atoms with Crippen molar-refractivity contribution in [3.05, 3.63) is 0 Å². The van der Waals surface area contributed by atoms with Crippen LogP contribution < -0.4 is 0 Å². The molecular weight excluding hydrogens is 719 g/mol. The molecule has 1 N–H and O–H groups in total. The molecule has 0 aliphatic rings. The molecule has 6 nitrogen and oxygen atoms in total. The Morgan fingerprint density at radius 2 is 0.793 bits per heavy atom. The number of aliphatic hydroxyl groups excluding tert-OH is 1. The van der Waals surface area contributed by atoms with Crippen molar-refractivity contribution < 1.29 is 24.2 Å². The van der Waals surface area contributed by atoms with Gasteiger partial charge in [0.2, 0.25) is 0 Å². The normalized spacial score (nSPS) is 13.2. The zero-order valence-electron chi connectivity index (χ0n) is 40.0. The highest BCUT2D eigenvalue weighted by atomic mass is 16.5. The zero-order valence-corrected chi connectivity index (χ0v) is 40.0. The van der Waals surface area contributed by atoms with Crippen LogP contribution in [-0.4, -0.2) is 61.4 Å². The van der Waals surface area contributed by atoms with E-state index in [0.717, 1.165) is 96.2 Å². The number of rotatable bonds is 47. The van der Waals surface area contributed by atoms with Crippen molar-refractivity contribution in [3.63, 3.8) is 0 Å². The summed E-state index contributed by atoms with van der Waals surface area (Å²) >= 11 is 0. The number of aliphatic hydroxyl groups is 1. The maximum absolute atomic E-state index is 12.7. The number of ether oxygens (including phenoxy) is 2. The van der Waals surface area contributed by atoms with Crippen LogP contribution in [0.5, 0.6) is 0 Å². The average Bonchev–Trinajstić information content (AvgIpc) is 3.22. The van der Waals surface area contributed by atoms with Crippen molar-refractivity contribution in [2.24, 2.45) is 17.8 Å². The van der Waals surface area contributed by atoms with Crippen molar-refractivity contribution in [1.29, 1.82) is 0 Å². The first-order chi connectivity index (χ1) is 28.4. The lowest BCUT2D eigenvalue weighted by Crippen LogP contribution is -2.27. The van der Waals surface area contributed by atoms with Gasteiger partial charge in [0.25, 0.3) is 0 Å². The van der Waals surface area contributed by atoms with E-state index in [2.05, 4.69) is 39.5 Å². The van der Waals surface area contributed by atoms with Gasteiger partial charge >= 0.3 is 11.9 Å². The molecule has 0 rings (SSSR count). The van der Waals surface area contributed by atoms with Gasteiger partial charge in [-0.25, -0.2) is 0 Å². The predicted octanol–water partition coefficient (Wildman–Crippen LogP) is 15.4. The van der Waals surface area contributed by atoms with E-state index in [0.29, 0.717) is 37.9 Å². The Morgan fingerprint density at radius 1 is 0.414 bits per heavy atom. The molecule has 0 spiro atoms. The Morgan fingerprint density at radius 3 is 1.33 bits per heavy atom. The number of carbonyl (C=O) groups is 2. The molecule has 3 unspecified atom stereocenters. The Bertz CT molecular complexity index is 852. The second kappa shape index (κ2) is 45.4. The van der Waals surface area contributed by atoms with Crippen molar-refractivity contribution >= 4 is 11.9 Å². The Kier molecular flexibility index (Phi) is 44.5. The summed E-state index contributed by atoms with van der Waals surface area (Å²) in [7, 11) is 0. The lowest BCUT2D eigenvalue weighted by molar-refractivity contribution is -0.145. The van der Waals surface area contributed by atoms with Crippen LogP contribution in [0.2, 0.25) is 0 Å². The Labute approximate surface area is 362 Å². The first kappa shape index (κ1) is 56.9. The van der Waals surface area contributed by atoms with Crippen molar-refractivity contribution in [2.45, 2.75) is 266 Å². The second-order valence-electron chi connectivity index (χ2n) is 18.2. The SMILES string of the molecule is CCCCCCCCC(CCCCCC)C(CC)CCOC(=O)CCCCN(CCCCCO)CCCCCCC(=O)OCCC(CCCCC)CCCCCCC. The maximum atomic E-state index is 12.7. The third-order valence-electron chi connectivity index (χ3n) is 12.9. The molecule has 0 aliphatic carbocycles. The highest BCUT2D eigenvalue weighted by molar-refractivity contribution is 5.69.